The number of esters is 1. The summed E-state index contributed by atoms with van der Waals surface area (Å²) in [6.07, 6.45) is 12.2. The number of imidazole rings is 1. The zero-order valence-electron chi connectivity index (χ0n) is 17.5. The summed E-state index contributed by atoms with van der Waals surface area (Å²) in [5.74, 6) is 0.744. The Morgan fingerprint density at radius 3 is 2.69 bits per heavy atom. The molecule has 158 valence electrons. The Labute approximate surface area is 173 Å². The Bertz CT molecular complexity index is 724. The molecular formula is C23H32N2O4. The molecule has 0 aliphatic carbocycles. The number of benzene rings is 1. The summed E-state index contributed by atoms with van der Waals surface area (Å²) in [7, 11) is 1.66. The number of nitrogens with zero attached hydrogens (tertiary/aromatic N) is 2. The highest BCUT2D eigenvalue weighted by Crippen LogP contribution is 2.13. The van der Waals surface area contributed by atoms with Crippen molar-refractivity contribution in [2.45, 2.75) is 52.2 Å². The molecule has 0 fully saturated rings. The van der Waals surface area contributed by atoms with Crippen molar-refractivity contribution in [3.8, 4) is 5.75 Å². The highest BCUT2D eigenvalue weighted by atomic mass is 16.5. The highest BCUT2D eigenvalue weighted by molar-refractivity contribution is 5.69. The molecule has 0 amide bonds. The maximum absolute atomic E-state index is 11.4. The SMILES string of the molecule is CCOC(=O)CCCCC/C=C(\COCc1ccc(OC)cc1)Cn1ccnc1. The van der Waals surface area contributed by atoms with Crippen LogP contribution in [0.4, 0.5) is 0 Å². The van der Waals surface area contributed by atoms with Gasteiger partial charge in [-0.05, 0) is 49.5 Å². The van der Waals surface area contributed by atoms with Crippen molar-refractivity contribution in [3.63, 3.8) is 0 Å². The van der Waals surface area contributed by atoms with Crippen LogP contribution in [0.5, 0.6) is 5.75 Å². The lowest BCUT2D eigenvalue weighted by atomic mass is 10.1. The van der Waals surface area contributed by atoms with Crippen molar-refractivity contribution in [2.24, 2.45) is 0 Å². The number of hydrogen-bond acceptors (Lipinski definition) is 5. The summed E-state index contributed by atoms with van der Waals surface area (Å²) in [5, 5.41) is 0. The zero-order valence-corrected chi connectivity index (χ0v) is 17.5. The van der Waals surface area contributed by atoms with E-state index in [1.807, 2.05) is 48.3 Å². The van der Waals surface area contributed by atoms with Gasteiger partial charge >= 0.3 is 5.97 Å². The molecule has 0 N–H and O–H groups in total. The van der Waals surface area contributed by atoms with Crippen LogP contribution in [0.1, 0.15) is 44.6 Å². The molecule has 0 saturated heterocycles. The summed E-state index contributed by atoms with van der Waals surface area (Å²) in [6, 6.07) is 7.91. The fraction of sp³-hybridized carbons (Fsp3) is 0.478. The lowest BCUT2D eigenvalue weighted by molar-refractivity contribution is -0.143. The van der Waals surface area contributed by atoms with Gasteiger partial charge in [-0.2, -0.15) is 0 Å². The molecule has 0 radical (unpaired) electrons. The minimum atomic E-state index is -0.101. The van der Waals surface area contributed by atoms with Gasteiger partial charge in [-0.1, -0.05) is 24.6 Å². The largest absolute Gasteiger partial charge is 0.497 e. The first-order valence-electron chi connectivity index (χ1n) is 10.2. The number of carbonyl (C=O) groups excluding carboxylic acids is 1. The zero-order chi connectivity index (χ0) is 20.7. The first kappa shape index (κ1) is 22.7. The van der Waals surface area contributed by atoms with Gasteiger partial charge < -0.3 is 18.8 Å². The third kappa shape index (κ3) is 9.43. The predicted molar refractivity (Wildman–Crippen MR) is 113 cm³/mol. The fourth-order valence-corrected chi connectivity index (χ4v) is 2.94. The van der Waals surface area contributed by atoms with Crippen LogP contribution in [0.15, 0.2) is 54.6 Å². The molecule has 6 nitrogen and oxygen atoms in total. The quantitative estimate of drug-likeness (QED) is 0.264. The summed E-state index contributed by atoms with van der Waals surface area (Å²) < 4.78 is 18.1. The number of rotatable bonds is 14. The predicted octanol–water partition coefficient (Wildman–Crippen LogP) is 4.55. The number of ether oxygens (including phenoxy) is 3. The van der Waals surface area contributed by atoms with Crippen molar-refractivity contribution in [1.29, 1.82) is 0 Å². The summed E-state index contributed by atoms with van der Waals surface area (Å²) in [5.41, 5.74) is 2.34. The van der Waals surface area contributed by atoms with Crippen LogP contribution in [-0.4, -0.2) is 35.8 Å². The topological polar surface area (TPSA) is 62.6 Å². The maximum Gasteiger partial charge on any atom is 0.305 e. The van der Waals surface area contributed by atoms with Gasteiger partial charge in [-0.15, -0.1) is 0 Å². The average Bonchev–Trinajstić information content (AvgIpc) is 3.24. The van der Waals surface area contributed by atoms with E-state index in [1.165, 1.54) is 5.57 Å². The van der Waals surface area contributed by atoms with Crippen LogP contribution < -0.4 is 4.74 Å². The normalized spacial score (nSPS) is 11.4. The van der Waals surface area contributed by atoms with Crippen LogP contribution in [0, 0.1) is 0 Å². The van der Waals surface area contributed by atoms with Gasteiger partial charge in [0.15, 0.2) is 0 Å². The van der Waals surface area contributed by atoms with E-state index in [9.17, 15) is 4.79 Å². The van der Waals surface area contributed by atoms with Crippen molar-refractivity contribution in [1.82, 2.24) is 9.55 Å². The standard InChI is InChI=1S/C23H32N2O4/c1-3-29-23(26)9-7-5-4-6-8-21(16-25-15-14-24-19-25)18-28-17-20-10-12-22(27-2)13-11-20/h8,10-15,19H,3-7,9,16-18H2,1-2H3/b21-8-. The van der Waals surface area contributed by atoms with Crippen LogP contribution >= 0.6 is 0 Å². The Kier molecular flexibility index (Phi) is 10.6. The smallest absolute Gasteiger partial charge is 0.305 e. The number of methoxy groups -OCH3 is 1. The highest BCUT2D eigenvalue weighted by Gasteiger charge is 2.03. The molecule has 1 heterocycles. The summed E-state index contributed by atoms with van der Waals surface area (Å²) in [4.78, 5) is 15.5. The summed E-state index contributed by atoms with van der Waals surface area (Å²) in [6.45, 7) is 4.19. The molecule has 0 bridgehead atoms. The molecule has 29 heavy (non-hydrogen) atoms. The molecule has 0 saturated carbocycles. The number of allylic oxidation sites excluding steroid dienone is 1. The van der Waals surface area contributed by atoms with Crippen LogP contribution in [-0.2, 0) is 27.4 Å². The second kappa shape index (κ2) is 13.6. The van der Waals surface area contributed by atoms with Gasteiger partial charge in [-0.25, -0.2) is 4.98 Å². The van der Waals surface area contributed by atoms with Gasteiger partial charge in [0, 0.05) is 25.4 Å². The summed E-state index contributed by atoms with van der Waals surface area (Å²) >= 11 is 0. The van der Waals surface area contributed by atoms with E-state index >= 15 is 0 Å². The molecule has 0 atom stereocenters. The lowest BCUT2D eigenvalue weighted by Gasteiger charge is -2.11. The maximum atomic E-state index is 11.4. The van der Waals surface area contributed by atoms with Crippen molar-refractivity contribution in [3.05, 3.63) is 60.2 Å². The molecule has 0 aliphatic rings. The first-order valence-corrected chi connectivity index (χ1v) is 10.2. The second-order valence-electron chi connectivity index (χ2n) is 6.84. The number of carbonyl (C=O) groups is 1. The van der Waals surface area contributed by atoms with E-state index in [2.05, 4.69) is 11.1 Å². The number of aromatic nitrogens is 2. The minimum absolute atomic E-state index is 0.101. The van der Waals surface area contributed by atoms with Crippen molar-refractivity contribution < 1.29 is 19.0 Å². The molecule has 1 aromatic carbocycles. The minimum Gasteiger partial charge on any atom is -0.497 e. The number of hydrogen-bond donors (Lipinski definition) is 0. The third-order valence-electron chi connectivity index (χ3n) is 4.48. The van der Waals surface area contributed by atoms with Gasteiger partial charge in [0.2, 0.25) is 0 Å². The van der Waals surface area contributed by atoms with Crippen LogP contribution in [0.25, 0.3) is 0 Å². The molecule has 6 heteroatoms. The van der Waals surface area contributed by atoms with E-state index in [4.69, 9.17) is 14.2 Å². The van der Waals surface area contributed by atoms with E-state index in [1.54, 1.807) is 13.3 Å². The van der Waals surface area contributed by atoms with Gasteiger partial charge in [0.25, 0.3) is 0 Å². The van der Waals surface area contributed by atoms with E-state index in [0.717, 1.165) is 43.5 Å². The second-order valence-corrected chi connectivity index (χ2v) is 6.84. The third-order valence-corrected chi connectivity index (χ3v) is 4.48. The van der Waals surface area contributed by atoms with E-state index in [-0.39, 0.29) is 5.97 Å². The van der Waals surface area contributed by atoms with Crippen LogP contribution in [0.3, 0.4) is 0 Å². The fourth-order valence-electron chi connectivity index (χ4n) is 2.94. The van der Waals surface area contributed by atoms with Crippen molar-refractivity contribution in [2.75, 3.05) is 20.3 Å². The Morgan fingerprint density at radius 2 is 2.00 bits per heavy atom. The van der Waals surface area contributed by atoms with E-state index < -0.39 is 0 Å². The average molecular weight is 401 g/mol. The first-order chi connectivity index (χ1) is 14.2. The monoisotopic (exact) mass is 400 g/mol. The Hall–Kier alpha value is -2.60. The van der Waals surface area contributed by atoms with Crippen molar-refractivity contribution >= 4 is 5.97 Å². The molecule has 0 aliphatic heterocycles. The lowest BCUT2D eigenvalue weighted by Crippen LogP contribution is -2.06. The van der Waals surface area contributed by atoms with Gasteiger partial charge in [0.1, 0.15) is 5.75 Å². The molecule has 0 spiro atoms. The molecule has 0 unspecified atom stereocenters. The molecule has 1 aromatic heterocycles. The molecular weight excluding hydrogens is 368 g/mol. The number of unbranched alkanes of at least 4 members (excludes halogenated alkanes) is 3. The van der Waals surface area contributed by atoms with Crippen LogP contribution in [0.2, 0.25) is 0 Å². The molecule has 2 rings (SSSR count). The van der Waals surface area contributed by atoms with E-state index in [0.29, 0.717) is 26.2 Å². The van der Waals surface area contributed by atoms with Gasteiger partial charge in [-0.3, -0.25) is 4.79 Å². The van der Waals surface area contributed by atoms with Gasteiger partial charge in [0.05, 0.1) is 33.3 Å². The molecule has 2 aromatic rings. The Morgan fingerprint density at radius 1 is 1.17 bits per heavy atom. The Balaban J connectivity index is 1.76.